The standard InChI is InChI=1S/C36H49ClN10O5/c1-23-18-45(19-24(2)50-23)29-8-10-30(11-9-29)47-21-32(34(42-47)49-14-13-36(5,6)52-26(4)48)41-35-38-16-28(17-39-35)27-7-12-31(37)33(15-27)51-25(3)20-46-22-40-43-44-46/h7,12,15-17,21-25,29-30H,8-11,13-14,18-20H2,1-6H3,(H,38,39,41)/t23-,24+,25-,29?,30?/m0/s1. The Kier molecular flexibility index (Phi) is 11.9. The number of tetrazole rings is 1. The summed E-state index contributed by atoms with van der Waals surface area (Å²) >= 11 is 6.47. The van der Waals surface area contributed by atoms with E-state index >= 15 is 0 Å². The predicted octanol–water partition coefficient (Wildman–Crippen LogP) is 5.89. The highest BCUT2D eigenvalue weighted by molar-refractivity contribution is 6.32. The number of morpholine rings is 1. The Labute approximate surface area is 309 Å². The van der Waals surface area contributed by atoms with E-state index in [2.05, 4.69) is 49.6 Å². The molecule has 1 aliphatic heterocycles. The minimum atomic E-state index is -0.673. The average Bonchev–Trinajstić information content (AvgIpc) is 3.75. The van der Waals surface area contributed by atoms with Crippen LogP contribution in [0, 0.1) is 0 Å². The molecular weight excluding hydrogens is 688 g/mol. The number of nitrogens with one attached hydrogen (secondary N) is 1. The van der Waals surface area contributed by atoms with E-state index in [0.717, 1.165) is 49.9 Å². The highest BCUT2D eigenvalue weighted by Gasteiger charge is 2.32. The first-order valence-electron chi connectivity index (χ1n) is 18.0. The second-order valence-corrected chi connectivity index (χ2v) is 14.9. The van der Waals surface area contributed by atoms with Gasteiger partial charge in [-0.05, 0) is 88.4 Å². The molecule has 1 aromatic carbocycles. The number of benzene rings is 1. The Morgan fingerprint density at radius 3 is 2.46 bits per heavy atom. The minimum absolute atomic E-state index is 0.225. The third kappa shape index (κ3) is 9.95. The van der Waals surface area contributed by atoms with E-state index in [1.54, 1.807) is 23.1 Å². The Morgan fingerprint density at radius 2 is 1.79 bits per heavy atom. The number of aromatic nitrogens is 8. The van der Waals surface area contributed by atoms with Crippen LogP contribution in [0.2, 0.25) is 5.02 Å². The van der Waals surface area contributed by atoms with Crippen LogP contribution in [0.4, 0.5) is 11.6 Å². The maximum absolute atomic E-state index is 11.6. The monoisotopic (exact) mass is 736 g/mol. The summed E-state index contributed by atoms with van der Waals surface area (Å²) in [6.07, 6.45) is 12.0. The van der Waals surface area contributed by atoms with Gasteiger partial charge in [-0.1, -0.05) is 17.7 Å². The molecule has 4 heterocycles. The molecule has 4 aromatic rings. The number of carbonyl (C=O) groups is 1. The van der Waals surface area contributed by atoms with Crippen LogP contribution in [-0.2, 0) is 20.8 Å². The molecule has 1 saturated carbocycles. The van der Waals surface area contributed by atoms with Gasteiger partial charge in [0, 0.05) is 50.4 Å². The summed E-state index contributed by atoms with van der Waals surface area (Å²) in [6.45, 7) is 14.1. The smallest absolute Gasteiger partial charge is 0.303 e. The van der Waals surface area contributed by atoms with Gasteiger partial charge in [-0.3, -0.25) is 14.4 Å². The number of nitrogens with zero attached hydrogens (tertiary/aromatic N) is 9. The normalized spacial score (nSPS) is 21.8. The summed E-state index contributed by atoms with van der Waals surface area (Å²) in [4.78, 5) is 23.4. The van der Waals surface area contributed by atoms with E-state index in [1.807, 2.05) is 43.8 Å². The van der Waals surface area contributed by atoms with E-state index in [1.165, 1.54) is 13.3 Å². The zero-order valence-electron chi connectivity index (χ0n) is 30.7. The van der Waals surface area contributed by atoms with Gasteiger partial charge in [0.2, 0.25) is 5.95 Å². The van der Waals surface area contributed by atoms with Crippen LogP contribution in [0.3, 0.4) is 0 Å². The van der Waals surface area contributed by atoms with Gasteiger partial charge in [-0.15, -0.1) is 10.2 Å². The van der Waals surface area contributed by atoms with Crippen molar-refractivity contribution in [2.75, 3.05) is 25.0 Å². The Bertz CT molecular complexity index is 1750. The van der Waals surface area contributed by atoms with Crippen LogP contribution >= 0.6 is 11.6 Å². The van der Waals surface area contributed by atoms with E-state index in [0.29, 0.717) is 53.9 Å². The van der Waals surface area contributed by atoms with Crippen molar-refractivity contribution in [2.45, 2.75) is 116 Å². The summed E-state index contributed by atoms with van der Waals surface area (Å²) in [7, 11) is 0. The molecule has 2 aliphatic rings. The van der Waals surface area contributed by atoms with Crippen molar-refractivity contribution in [1.82, 2.24) is 44.9 Å². The van der Waals surface area contributed by atoms with E-state index in [9.17, 15) is 4.79 Å². The van der Waals surface area contributed by atoms with Crippen LogP contribution in [-0.4, -0.2) is 100 Å². The van der Waals surface area contributed by atoms with Gasteiger partial charge in [0.15, 0.2) is 0 Å². The number of carbonyl (C=O) groups excluding carboxylic acids is 1. The third-order valence-corrected chi connectivity index (χ3v) is 9.70. The Balaban J connectivity index is 1.14. The molecule has 280 valence electrons. The zero-order valence-corrected chi connectivity index (χ0v) is 31.5. The fourth-order valence-electron chi connectivity index (χ4n) is 7.01. The number of hydrogen-bond donors (Lipinski definition) is 1. The molecule has 52 heavy (non-hydrogen) atoms. The van der Waals surface area contributed by atoms with Gasteiger partial charge in [-0.2, -0.15) is 0 Å². The molecule has 1 aliphatic carbocycles. The van der Waals surface area contributed by atoms with Crippen molar-refractivity contribution in [3.63, 3.8) is 0 Å². The van der Waals surface area contributed by atoms with Crippen molar-refractivity contribution in [3.8, 4) is 22.8 Å². The summed E-state index contributed by atoms with van der Waals surface area (Å²) < 4.78 is 27.4. The third-order valence-electron chi connectivity index (χ3n) is 9.39. The van der Waals surface area contributed by atoms with Crippen LogP contribution < -0.4 is 14.8 Å². The molecule has 0 amide bonds. The highest BCUT2D eigenvalue weighted by atomic mass is 35.5. The van der Waals surface area contributed by atoms with Gasteiger partial charge >= 0.3 is 5.97 Å². The Hall–Kier alpha value is -4.34. The second-order valence-electron chi connectivity index (χ2n) is 14.5. The summed E-state index contributed by atoms with van der Waals surface area (Å²) in [5.74, 6) is 1.05. The topological polar surface area (TPSA) is 156 Å². The van der Waals surface area contributed by atoms with Gasteiger partial charge in [0.05, 0.1) is 42.6 Å². The van der Waals surface area contributed by atoms with Crippen molar-refractivity contribution in [1.29, 1.82) is 0 Å². The van der Waals surface area contributed by atoms with Crippen molar-refractivity contribution >= 4 is 29.2 Å². The molecule has 6 rings (SSSR count). The van der Waals surface area contributed by atoms with Crippen molar-refractivity contribution < 1.29 is 23.7 Å². The molecule has 3 atom stereocenters. The number of rotatable bonds is 14. The van der Waals surface area contributed by atoms with E-state index in [4.69, 9.17) is 35.6 Å². The minimum Gasteiger partial charge on any atom is -0.487 e. The van der Waals surface area contributed by atoms with Crippen molar-refractivity contribution in [3.05, 3.63) is 48.1 Å². The highest BCUT2D eigenvalue weighted by Crippen LogP contribution is 2.36. The first-order valence-corrected chi connectivity index (χ1v) is 18.4. The largest absolute Gasteiger partial charge is 0.487 e. The summed E-state index contributed by atoms with van der Waals surface area (Å²) in [5.41, 5.74) is 1.63. The van der Waals surface area contributed by atoms with Gasteiger partial charge in [0.25, 0.3) is 5.88 Å². The fraction of sp³-hybridized carbons (Fsp3) is 0.583. The van der Waals surface area contributed by atoms with Crippen LogP contribution in [0.1, 0.15) is 79.7 Å². The van der Waals surface area contributed by atoms with E-state index in [-0.39, 0.29) is 30.3 Å². The molecule has 0 bridgehead atoms. The molecule has 0 spiro atoms. The molecule has 0 radical (unpaired) electrons. The average molecular weight is 737 g/mol. The Morgan fingerprint density at radius 1 is 1.08 bits per heavy atom. The lowest BCUT2D eigenvalue weighted by Gasteiger charge is -2.42. The first-order chi connectivity index (χ1) is 24.9. The number of esters is 1. The lowest BCUT2D eigenvalue weighted by Crippen LogP contribution is -2.51. The lowest BCUT2D eigenvalue weighted by molar-refractivity contribution is -0.154. The number of hydrogen-bond acceptors (Lipinski definition) is 13. The number of halogens is 1. The lowest BCUT2D eigenvalue weighted by atomic mass is 9.89. The van der Waals surface area contributed by atoms with Crippen molar-refractivity contribution in [2.24, 2.45) is 0 Å². The number of ether oxygens (including phenoxy) is 4. The fourth-order valence-corrected chi connectivity index (χ4v) is 7.17. The predicted molar refractivity (Wildman–Crippen MR) is 195 cm³/mol. The summed E-state index contributed by atoms with van der Waals surface area (Å²) in [6, 6.07) is 6.34. The van der Waals surface area contributed by atoms with Crippen LogP contribution in [0.15, 0.2) is 43.1 Å². The van der Waals surface area contributed by atoms with Gasteiger partial charge in [0.1, 0.15) is 29.5 Å². The molecule has 3 aromatic heterocycles. The van der Waals surface area contributed by atoms with Crippen LogP contribution in [0.25, 0.3) is 11.1 Å². The molecular formula is C36H49ClN10O5. The SMILES string of the molecule is CC(=O)OC(C)(C)CCOc1nn(C2CCC(N3C[C@@H](C)O[C@@H](C)C3)CC2)cc1Nc1ncc(-c2ccc(Cl)c(O[C@@H](C)Cn3cnnn3)c2)cn1. The van der Waals surface area contributed by atoms with Crippen LogP contribution in [0.5, 0.6) is 11.6 Å². The maximum atomic E-state index is 11.6. The van der Waals surface area contributed by atoms with Gasteiger partial charge in [-0.25, -0.2) is 14.6 Å². The zero-order chi connectivity index (χ0) is 36.8. The maximum Gasteiger partial charge on any atom is 0.303 e. The summed E-state index contributed by atoms with van der Waals surface area (Å²) in [5, 5.41) is 19.9. The first kappa shape index (κ1) is 37.4. The molecule has 16 heteroatoms. The number of anilines is 2. The van der Waals surface area contributed by atoms with Gasteiger partial charge < -0.3 is 24.3 Å². The second kappa shape index (κ2) is 16.6. The molecule has 1 N–H and O–H groups in total. The molecule has 1 saturated heterocycles. The quantitative estimate of drug-likeness (QED) is 0.153. The molecule has 0 unspecified atom stereocenters. The molecule has 2 fully saturated rings. The molecule has 15 nitrogen and oxygen atoms in total. The van der Waals surface area contributed by atoms with E-state index < -0.39 is 5.60 Å².